The van der Waals surface area contributed by atoms with Gasteiger partial charge in [-0.25, -0.2) is 4.98 Å². The average molecular weight is 476 g/mol. The first-order valence-electron chi connectivity index (χ1n) is 12.6. The van der Waals surface area contributed by atoms with Crippen LogP contribution in [0.1, 0.15) is 36.4 Å². The molecule has 1 aliphatic rings. The summed E-state index contributed by atoms with van der Waals surface area (Å²) >= 11 is 0. The van der Waals surface area contributed by atoms with Gasteiger partial charge in [0, 0.05) is 25.7 Å². The molecule has 36 heavy (non-hydrogen) atoms. The Morgan fingerprint density at radius 3 is 2.17 bits per heavy atom. The number of hydrogen-bond donors (Lipinski definition) is 1. The van der Waals surface area contributed by atoms with E-state index in [2.05, 4.69) is 57.8 Å². The first kappa shape index (κ1) is 22.3. The lowest BCUT2D eigenvalue weighted by Gasteiger charge is -2.32. The number of nitrogens with zero attached hydrogens (tertiary/aromatic N) is 4. The molecule has 1 fully saturated rings. The van der Waals surface area contributed by atoms with Gasteiger partial charge in [-0.05, 0) is 48.1 Å². The molecule has 0 atom stereocenters. The van der Waals surface area contributed by atoms with E-state index in [0.29, 0.717) is 12.3 Å². The maximum atomic E-state index is 13.1. The van der Waals surface area contributed by atoms with Gasteiger partial charge in [0.1, 0.15) is 5.82 Å². The van der Waals surface area contributed by atoms with Crippen molar-refractivity contribution in [3.63, 3.8) is 0 Å². The molecule has 6 nitrogen and oxygen atoms in total. The van der Waals surface area contributed by atoms with Crippen LogP contribution in [-0.2, 0) is 4.79 Å². The highest BCUT2D eigenvalue weighted by atomic mass is 16.1. The van der Waals surface area contributed by atoms with Gasteiger partial charge in [-0.2, -0.15) is 4.98 Å². The first-order valence-corrected chi connectivity index (χ1v) is 12.6. The van der Waals surface area contributed by atoms with Crippen molar-refractivity contribution in [1.29, 1.82) is 0 Å². The number of carbonyl (C=O) groups excluding carboxylic acids is 1. The molecule has 1 amide bonds. The molecule has 3 heterocycles. The number of aromatic nitrogens is 3. The zero-order valence-electron chi connectivity index (χ0n) is 20.1. The second kappa shape index (κ2) is 9.82. The van der Waals surface area contributed by atoms with Gasteiger partial charge < -0.3 is 10.2 Å². The van der Waals surface area contributed by atoms with Gasteiger partial charge in [-0.15, -0.1) is 0 Å². The molecular weight excluding hydrogens is 446 g/mol. The lowest BCUT2D eigenvalue weighted by atomic mass is 9.92. The number of amides is 1. The molecule has 1 aliphatic heterocycles. The summed E-state index contributed by atoms with van der Waals surface area (Å²) in [6, 6.07) is 30.4. The fourth-order valence-corrected chi connectivity index (χ4v) is 5.21. The number of rotatable bonds is 6. The standard InChI is InChI=1S/C30H29N5O/c36-28(33-29(23-9-3-1-4-10-23)24-11-5-2-6-12-24)21-22-15-18-34(19-16-22)27-17-20-35-26-14-8-7-13-25(26)31-30(35)32-27/h1-14,17,20,22,29H,15-16,18-19,21H2,(H,33,36). The Morgan fingerprint density at radius 2 is 1.47 bits per heavy atom. The molecule has 1 saturated heterocycles. The van der Waals surface area contributed by atoms with Gasteiger partial charge in [0.05, 0.1) is 17.1 Å². The molecule has 0 radical (unpaired) electrons. The van der Waals surface area contributed by atoms with Gasteiger partial charge in [0.2, 0.25) is 11.7 Å². The van der Waals surface area contributed by atoms with E-state index in [1.165, 1.54) is 0 Å². The summed E-state index contributed by atoms with van der Waals surface area (Å²) in [5.41, 5.74) is 4.22. The highest BCUT2D eigenvalue weighted by Gasteiger charge is 2.24. The lowest BCUT2D eigenvalue weighted by molar-refractivity contribution is -0.122. The predicted molar refractivity (Wildman–Crippen MR) is 143 cm³/mol. The molecule has 1 N–H and O–H groups in total. The van der Waals surface area contributed by atoms with Crippen molar-refractivity contribution < 1.29 is 4.79 Å². The van der Waals surface area contributed by atoms with Crippen LogP contribution in [0.25, 0.3) is 16.8 Å². The predicted octanol–water partition coefficient (Wildman–Crippen LogP) is 5.39. The van der Waals surface area contributed by atoms with Crippen LogP contribution in [0.3, 0.4) is 0 Å². The molecule has 0 saturated carbocycles. The van der Waals surface area contributed by atoms with Crippen LogP contribution in [0.5, 0.6) is 0 Å². The second-order valence-corrected chi connectivity index (χ2v) is 9.51. The molecule has 0 bridgehead atoms. The van der Waals surface area contributed by atoms with E-state index in [1.807, 2.05) is 59.0 Å². The number of piperidine rings is 1. The Labute approximate surface area is 210 Å². The molecule has 0 unspecified atom stereocenters. The molecular formula is C30H29N5O. The number of nitrogens with one attached hydrogen (secondary N) is 1. The van der Waals surface area contributed by atoms with E-state index in [0.717, 1.165) is 59.7 Å². The van der Waals surface area contributed by atoms with Crippen LogP contribution in [0.15, 0.2) is 97.2 Å². The number of hydrogen-bond acceptors (Lipinski definition) is 4. The monoisotopic (exact) mass is 475 g/mol. The molecule has 0 aliphatic carbocycles. The van der Waals surface area contributed by atoms with Crippen molar-refractivity contribution in [3.05, 3.63) is 108 Å². The summed E-state index contributed by atoms with van der Waals surface area (Å²) in [4.78, 5) is 24.9. The number of imidazole rings is 1. The number of anilines is 1. The van der Waals surface area contributed by atoms with Crippen molar-refractivity contribution in [2.45, 2.75) is 25.3 Å². The smallest absolute Gasteiger partial charge is 0.236 e. The molecule has 0 spiro atoms. The highest BCUT2D eigenvalue weighted by molar-refractivity contribution is 5.79. The average Bonchev–Trinajstić information content (AvgIpc) is 3.31. The third-order valence-electron chi connectivity index (χ3n) is 7.15. The van der Waals surface area contributed by atoms with Crippen LogP contribution < -0.4 is 10.2 Å². The third-order valence-corrected chi connectivity index (χ3v) is 7.15. The Balaban J connectivity index is 1.10. The van der Waals surface area contributed by atoms with Crippen LogP contribution in [0, 0.1) is 5.92 Å². The molecule has 2 aromatic heterocycles. The summed E-state index contributed by atoms with van der Waals surface area (Å²) < 4.78 is 2.03. The normalized spacial score (nSPS) is 14.5. The Morgan fingerprint density at radius 1 is 0.833 bits per heavy atom. The van der Waals surface area contributed by atoms with Gasteiger partial charge in [-0.1, -0.05) is 72.8 Å². The quantitative estimate of drug-likeness (QED) is 0.357. The van der Waals surface area contributed by atoms with E-state index >= 15 is 0 Å². The lowest BCUT2D eigenvalue weighted by Crippen LogP contribution is -2.37. The minimum Gasteiger partial charge on any atom is -0.356 e. The van der Waals surface area contributed by atoms with Crippen LogP contribution >= 0.6 is 0 Å². The molecule has 5 aromatic rings. The summed E-state index contributed by atoms with van der Waals surface area (Å²) in [5.74, 6) is 2.15. The summed E-state index contributed by atoms with van der Waals surface area (Å²) in [6.45, 7) is 1.78. The summed E-state index contributed by atoms with van der Waals surface area (Å²) in [6.07, 6.45) is 4.54. The second-order valence-electron chi connectivity index (χ2n) is 9.51. The van der Waals surface area contributed by atoms with Gasteiger partial charge in [0.15, 0.2) is 0 Å². The van der Waals surface area contributed by atoms with Crippen LogP contribution in [0.2, 0.25) is 0 Å². The molecule has 6 rings (SSSR count). The zero-order valence-corrected chi connectivity index (χ0v) is 20.1. The van der Waals surface area contributed by atoms with Gasteiger partial charge in [-0.3, -0.25) is 9.20 Å². The first-order chi connectivity index (χ1) is 17.7. The number of para-hydroxylation sites is 2. The van der Waals surface area contributed by atoms with E-state index in [-0.39, 0.29) is 11.9 Å². The Hall–Kier alpha value is -4.19. The molecule has 6 heteroatoms. The van der Waals surface area contributed by atoms with Crippen molar-refractivity contribution in [3.8, 4) is 0 Å². The van der Waals surface area contributed by atoms with Crippen molar-refractivity contribution in [2.24, 2.45) is 5.92 Å². The van der Waals surface area contributed by atoms with Crippen LogP contribution in [0.4, 0.5) is 5.82 Å². The van der Waals surface area contributed by atoms with E-state index in [1.54, 1.807) is 0 Å². The topological polar surface area (TPSA) is 62.5 Å². The number of carbonyl (C=O) groups is 1. The highest BCUT2D eigenvalue weighted by Crippen LogP contribution is 2.27. The number of benzene rings is 3. The zero-order chi connectivity index (χ0) is 24.3. The van der Waals surface area contributed by atoms with Crippen molar-refractivity contribution in [2.75, 3.05) is 18.0 Å². The minimum atomic E-state index is -0.138. The fourth-order valence-electron chi connectivity index (χ4n) is 5.21. The van der Waals surface area contributed by atoms with Crippen molar-refractivity contribution >= 4 is 28.5 Å². The SMILES string of the molecule is O=C(CC1CCN(c2ccn3c(n2)nc2ccccc23)CC1)NC(c1ccccc1)c1ccccc1. The summed E-state index contributed by atoms with van der Waals surface area (Å²) in [7, 11) is 0. The maximum absolute atomic E-state index is 13.1. The Kier molecular flexibility index (Phi) is 6.08. The third kappa shape index (κ3) is 4.54. The van der Waals surface area contributed by atoms with Crippen molar-refractivity contribution in [1.82, 2.24) is 19.7 Å². The van der Waals surface area contributed by atoms with Crippen LogP contribution in [-0.4, -0.2) is 33.4 Å². The minimum absolute atomic E-state index is 0.106. The molecule has 180 valence electrons. The maximum Gasteiger partial charge on any atom is 0.236 e. The van der Waals surface area contributed by atoms with E-state index < -0.39 is 0 Å². The van der Waals surface area contributed by atoms with Gasteiger partial charge in [0.25, 0.3) is 0 Å². The summed E-state index contributed by atoms with van der Waals surface area (Å²) in [5, 5.41) is 3.30. The number of fused-ring (bicyclic) bond motifs is 3. The molecule has 3 aromatic carbocycles. The van der Waals surface area contributed by atoms with E-state index in [9.17, 15) is 4.79 Å². The van der Waals surface area contributed by atoms with Gasteiger partial charge >= 0.3 is 0 Å². The fraction of sp³-hybridized carbons (Fsp3) is 0.233. The largest absolute Gasteiger partial charge is 0.356 e. The van der Waals surface area contributed by atoms with E-state index in [4.69, 9.17) is 4.98 Å². The Bertz CT molecular complexity index is 1430.